The van der Waals surface area contributed by atoms with Crippen molar-refractivity contribution in [3.8, 4) is 5.69 Å². The third kappa shape index (κ3) is 3.98. The van der Waals surface area contributed by atoms with Gasteiger partial charge in [-0.3, -0.25) is 9.59 Å². The zero-order chi connectivity index (χ0) is 19.6. The van der Waals surface area contributed by atoms with Crippen molar-refractivity contribution in [1.82, 2.24) is 19.9 Å². The van der Waals surface area contributed by atoms with Crippen molar-refractivity contribution in [2.24, 2.45) is 0 Å². The molecule has 1 heterocycles. The zero-order valence-corrected chi connectivity index (χ0v) is 15.9. The van der Waals surface area contributed by atoms with Crippen LogP contribution in [0.2, 0.25) is 5.02 Å². The summed E-state index contributed by atoms with van der Waals surface area (Å²) >= 11 is 6.17. The van der Waals surface area contributed by atoms with Gasteiger partial charge in [0.2, 0.25) is 0 Å². The molecule has 2 aromatic carbocycles. The number of hydrogen-bond donors (Lipinski definition) is 1. The Morgan fingerprint density at radius 2 is 1.78 bits per heavy atom. The largest absolute Gasteiger partial charge is 0.345 e. The van der Waals surface area contributed by atoms with Crippen molar-refractivity contribution in [2.45, 2.75) is 6.92 Å². The molecule has 0 fully saturated rings. The van der Waals surface area contributed by atoms with Gasteiger partial charge in [-0.25, -0.2) is 0 Å². The number of rotatable bonds is 4. The van der Waals surface area contributed by atoms with Crippen LogP contribution in [0.4, 0.5) is 5.69 Å². The molecule has 1 N–H and O–H groups in total. The second-order valence-electron chi connectivity index (χ2n) is 6.11. The van der Waals surface area contributed by atoms with E-state index in [1.807, 2.05) is 30.3 Å². The van der Waals surface area contributed by atoms with E-state index in [0.717, 1.165) is 5.69 Å². The highest BCUT2D eigenvalue weighted by atomic mass is 35.5. The minimum atomic E-state index is -0.453. The lowest BCUT2D eigenvalue weighted by Crippen LogP contribution is -2.22. The summed E-state index contributed by atoms with van der Waals surface area (Å²) in [5, 5.41) is 11.6. The lowest BCUT2D eigenvalue weighted by atomic mass is 10.1. The topological polar surface area (TPSA) is 80.1 Å². The first-order valence-electron chi connectivity index (χ1n) is 8.18. The lowest BCUT2D eigenvalue weighted by molar-refractivity contribution is 0.0827. The fourth-order valence-corrected chi connectivity index (χ4v) is 2.62. The molecule has 1 aromatic heterocycles. The van der Waals surface area contributed by atoms with E-state index in [0.29, 0.717) is 22.0 Å². The Balaban J connectivity index is 1.87. The number of carbonyl (C=O) groups excluding carboxylic acids is 2. The molecule has 0 spiro atoms. The molecule has 0 aliphatic carbocycles. The van der Waals surface area contributed by atoms with Crippen LogP contribution in [0.15, 0.2) is 48.5 Å². The monoisotopic (exact) mass is 383 g/mol. The smallest absolute Gasteiger partial charge is 0.278 e. The fourth-order valence-electron chi connectivity index (χ4n) is 2.46. The second kappa shape index (κ2) is 7.59. The Kier molecular flexibility index (Phi) is 5.23. The van der Waals surface area contributed by atoms with Gasteiger partial charge in [0.1, 0.15) is 0 Å². The molecule has 0 atom stereocenters. The highest BCUT2D eigenvalue weighted by Crippen LogP contribution is 2.24. The summed E-state index contributed by atoms with van der Waals surface area (Å²) in [4.78, 5) is 27.6. The van der Waals surface area contributed by atoms with Gasteiger partial charge in [0.05, 0.1) is 22.1 Å². The van der Waals surface area contributed by atoms with E-state index in [-0.39, 0.29) is 11.6 Å². The summed E-state index contributed by atoms with van der Waals surface area (Å²) in [6.45, 7) is 1.70. The molecule has 2 amide bonds. The predicted molar refractivity (Wildman–Crippen MR) is 104 cm³/mol. The fraction of sp³-hybridized carbons (Fsp3) is 0.158. The Morgan fingerprint density at radius 1 is 1.07 bits per heavy atom. The minimum Gasteiger partial charge on any atom is -0.345 e. The molecule has 0 unspecified atom stereocenters. The van der Waals surface area contributed by atoms with Gasteiger partial charge in [-0.05, 0) is 37.3 Å². The second-order valence-corrected chi connectivity index (χ2v) is 6.51. The van der Waals surface area contributed by atoms with Crippen LogP contribution in [0.3, 0.4) is 0 Å². The molecule has 0 aliphatic rings. The van der Waals surface area contributed by atoms with Crippen LogP contribution in [0.25, 0.3) is 5.69 Å². The van der Waals surface area contributed by atoms with Crippen LogP contribution < -0.4 is 5.32 Å². The maximum absolute atomic E-state index is 12.7. The van der Waals surface area contributed by atoms with Crippen molar-refractivity contribution in [2.75, 3.05) is 19.4 Å². The molecule has 27 heavy (non-hydrogen) atoms. The molecular formula is C19H18ClN5O2. The molecular weight excluding hydrogens is 366 g/mol. The van der Waals surface area contributed by atoms with Crippen molar-refractivity contribution in [3.05, 3.63) is 70.5 Å². The normalized spacial score (nSPS) is 10.5. The number of amides is 2. The van der Waals surface area contributed by atoms with Gasteiger partial charge in [-0.2, -0.15) is 9.90 Å². The molecule has 7 nitrogen and oxygen atoms in total. The molecule has 0 radical (unpaired) electrons. The first-order chi connectivity index (χ1) is 12.9. The Bertz CT molecular complexity index is 999. The van der Waals surface area contributed by atoms with Gasteiger partial charge in [0.25, 0.3) is 11.8 Å². The molecule has 0 saturated heterocycles. The first-order valence-corrected chi connectivity index (χ1v) is 8.56. The van der Waals surface area contributed by atoms with Crippen LogP contribution in [0, 0.1) is 6.92 Å². The van der Waals surface area contributed by atoms with Gasteiger partial charge in [0, 0.05) is 19.7 Å². The van der Waals surface area contributed by atoms with Crippen molar-refractivity contribution in [3.63, 3.8) is 0 Å². The quantitative estimate of drug-likeness (QED) is 0.750. The van der Waals surface area contributed by atoms with Crippen LogP contribution in [0.1, 0.15) is 26.5 Å². The molecule has 0 aliphatic heterocycles. The number of hydrogen-bond acceptors (Lipinski definition) is 4. The standard InChI is InChI=1S/C19H18ClN5O2/c1-12-17(23-25(22-12)14-7-5-4-6-8-14)18(26)21-16-11-13(9-10-15(16)20)19(27)24(2)3/h4-11H,1-3H3,(H,21,26). The van der Waals surface area contributed by atoms with Crippen molar-refractivity contribution >= 4 is 29.1 Å². The van der Waals surface area contributed by atoms with E-state index in [4.69, 9.17) is 11.6 Å². The van der Waals surface area contributed by atoms with E-state index in [2.05, 4.69) is 15.5 Å². The number of nitrogens with one attached hydrogen (secondary N) is 1. The van der Waals surface area contributed by atoms with Gasteiger partial charge < -0.3 is 10.2 Å². The van der Waals surface area contributed by atoms with E-state index in [9.17, 15) is 9.59 Å². The number of nitrogens with zero attached hydrogens (tertiary/aromatic N) is 4. The van der Waals surface area contributed by atoms with Crippen molar-refractivity contribution < 1.29 is 9.59 Å². The number of para-hydroxylation sites is 1. The maximum Gasteiger partial charge on any atom is 0.278 e. The summed E-state index contributed by atoms with van der Waals surface area (Å²) < 4.78 is 0. The van der Waals surface area contributed by atoms with Gasteiger partial charge in [-0.1, -0.05) is 29.8 Å². The maximum atomic E-state index is 12.7. The zero-order valence-electron chi connectivity index (χ0n) is 15.1. The molecule has 138 valence electrons. The van der Waals surface area contributed by atoms with E-state index in [1.54, 1.807) is 39.2 Å². The summed E-state index contributed by atoms with van der Waals surface area (Å²) in [6, 6.07) is 14.0. The highest BCUT2D eigenvalue weighted by molar-refractivity contribution is 6.34. The lowest BCUT2D eigenvalue weighted by Gasteiger charge is -2.12. The number of aromatic nitrogens is 3. The van der Waals surface area contributed by atoms with Crippen LogP contribution in [0.5, 0.6) is 0 Å². The summed E-state index contributed by atoms with van der Waals surface area (Å²) in [5.41, 5.74) is 2.16. The molecule has 3 rings (SSSR count). The van der Waals surface area contributed by atoms with Gasteiger partial charge in [-0.15, -0.1) is 5.10 Å². The number of benzene rings is 2. The Morgan fingerprint density at radius 3 is 2.44 bits per heavy atom. The molecule has 0 bridgehead atoms. The van der Waals surface area contributed by atoms with E-state index in [1.165, 1.54) is 9.70 Å². The Labute approximate surface area is 161 Å². The van der Waals surface area contributed by atoms with Crippen LogP contribution in [-0.2, 0) is 0 Å². The summed E-state index contributed by atoms with van der Waals surface area (Å²) in [5.74, 6) is -0.639. The molecule has 3 aromatic rings. The molecule has 0 saturated carbocycles. The highest BCUT2D eigenvalue weighted by Gasteiger charge is 2.18. The summed E-state index contributed by atoms with van der Waals surface area (Å²) in [7, 11) is 3.31. The van der Waals surface area contributed by atoms with Crippen LogP contribution in [-0.4, -0.2) is 45.8 Å². The SMILES string of the molecule is Cc1nn(-c2ccccc2)nc1C(=O)Nc1cc(C(=O)N(C)C)ccc1Cl. The Hall–Kier alpha value is -3.19. The average Bonchev–Trinajstić information content (AvgIpc) is 3.05. The number of anilines is 1. The minimum absolute atomic E-state index is 0.180. The summed E-state index contributed by atoms with van der Waals surface area (Å²) in [6.07, 6.45) is 0. The third-order valence-corrected chi connectivity index (χ3v) is 4.18. The van der Waals surface area contributed by atoms with Gasteiger partial charge in [0.15, 0.2) is 5.69 Å². The van der Waals surface area contributed by atoms with Crippen molar-refractivity contribution in [1.29, 1.82) is 0 Å². The van der Waals surface area contributed by atoms with E-state index < -0.39 is 5.91 Å². The van der Waals surface area contributed by atoms with Crippen LogP contribution >= 0.6 is 11.6 Å². The van der Waals surface area contributed by atoms with Gasteiger partial charge >= 0.3 is 0 Å². The number of carbonyl (C=O) groups is 2. The average molecular weight is 384 g/mol. The predicted octanol–water partition coefficient (Wildman–Crippen LogP) is 3.18. The van der Waals surface area contributed by atoms with E-state index >= 15 is 0 Å². The number of halogens is 1. The molecule has 8 heteroatoms. The number of aryl methyl sites for hydroxylation is 1. The third-order valence-electron chi connectivity index (χ3n) is 3.85. The first kappa shape index (κ1) is 18.6.